The first-order valence-corrected chi connectivity index (χ1v) is 39.3. The Bertz CT molecular complexity index is 1750. The Morgan fingerprint density at radius 1 is 0.303 bits per heavy atom. The van der Waals surface area contributed by atoms with Crippen molar-refractivity contribution in [3.05, 3.63) is 0 Å². The number of carbonyl (C=O) groups is 4. The lowest BCUT2D eigenvalue weighted by Gasteiger charge is -2.21. The summed E-state index contributed by atoms with van der Waals surface area (Å²) < 4.78 is 68.2. The van der Waals surface area contributed by atoms with Crippen LogP contribution in [0, 0.1) is 17.8 Å². The van der Waals surface area contributed by atoms with Crippen LogP contribution >= 0.6 is 15.6 Å². The number of aliphatic hydroxyl groups excluding tert-OH is 1. The third kappa shape index (κ3) is 64.6. The van der Waals surface area contributed by atoms with Crippen LogP contribution in [0.25, 0.3) is 0 Å². The van der Waals surface area contributed by atoms with Crippen molar-refractivity contribution in [2.75, 3.05) is 39.6 Å². The zero-order valence-electron chi connectivity index (χ0n) is 57.9. The lowest BCUT2D eigenvalue weighted by molar-refractivity contribution is -0.161. The molecule has 0 aromatic heterocycles. The molecule has 19 heteroatoms. The molecule has 0 bridgehead atoms. The first-order chi connectivity index (χ1) is 42.7. The van der Waals surface area contributed by atoms with Crippen molar-refractivity contribution in [2.45, 2.75) is 369 Å². The van der Waals surface area contributed by atoms with E-state index in [1.54, 1.807) is 0 Å². The van der Waals surface area contributed by atoms with E-state index in [1.807, 2.05) is 0 Å². The van der Waals surface area contributed by atoms with E-state index in [9.17, 15) is 43.2 Å². The Morgan fingerprint density at radius 2 is 0.517 bits per heavy atom. The first-order valence-electron chi connectivity index (χ1n) is 36.3. The van der Waals surface area contributed by atoms with Crippen molar-refractivity contribution in [1.29, 1.82) is 0 Å². The minimum atomic E-state index is -4.95. The maximum atomic E-state index is 13.0. The van der Waals surface area contributed by atoms with Gasteiger partial charge in [-0.05, 0) is 43.4 Å². The summed E-state index contributed by atoms with van der Waals surface area (Å²) in [6, 6.07) is 0. The topological polar surface area (TPSA) is 237 Å². The molecule has 5 atom stereocenters. The summed E-state index contributed by atoms with van der Waals surface area (Å²) in [7, 11) is -9.90. The highest BCUT2D eigenvalue weighted by molar-refractivity contribution is 7.47. The number of hydrogen-bond acceptors (Lipinski definition) is 15. The Hall–Kier alpha value is -1.94. The molecule has 0 saturated carbocycles. The lowest BCUT2D eigenvalue weighted by Crippen LogP contribution is -2.30. The van der Waals surface area contributed by atoms with Gasteiger partial charge in [0.2, 0.25) is 0 Å². The van der Waals surface area contributed by atoms with Crippen molar-refractivity contribution >= 4 is 39.5 Å². The first kappa shape index (κ1) is 87.1. The van der Waals surface area contributed by atoms with Crippen molar-refractivity contribution in [3.8, 4) is 0 Å². The number of esters is 4. The fraction of sp³-hybridized carbons (Fsp3) is 0.943. The van der Waals surface area contributed by atoms with E-state index in [2.05, 4.69) is 48.5 Å². The standard InChI is InChI=1S/C70H136O17P2/c1-8-9-10-11-12-20-30-37-44-51-67(72)80-57-66(87-70(75)54-47-40-33-26-25-29-36-43-50-63(6)7)60-85-89(78,79)83-56-64(71)55-82-88(76,77)84-59-65(58-81-68(73)52-45-38-31-23-19-15-17-22-28-35-42-49-62(4)5)86-69(74)53-46-39-32-24-18-14-13-16-21-27-34-41-48-61(2)3/h61-66,71H,8-60H2,1-7H3,(H,76,77)(H,78,79)/t64-,65-,66-/m1/s1. The van der Waals surface area contributed by atoms with Crippen LogP contribution in [-0.4, -0.2) is 96.7 Å². The predicted octanol–water partition coefficient (Wildman–Crippen LogP) is 19.8. The second kappa shape index (κ2) is 61.0. The second-order valence-corrected chi connectivity index (χ2v) is 29.6. The van der Waals surface area contributed by atoms with Crippen molar-refractivity contribution < 1.29 is 80.2 Å². The highest BCUT2D eigenvalue weighted by atomic mass is 31.2. The molecule has 0 spiro atoms. The smallest absolute Gasteiger partial charge is 0.462 e. The number of hydrogen-bond donors (Lipinski definition) is 3. The lowest BCUT2D eigenvalue weighted by atomic mass is 10.0. The van der Waals surface area contributed by atoms with E-state index in [-0.39, 0.29) is 25.7 Å². The van der Waals surface area contributed by atoms with Gasteiger partial charge in [0.15, 0.2) is 12.2 Å². The van der Waals surface area contributed by atoms with Gasteiger partial charge in [0, 0.05) is 25.7 Å². The van der Waals surface area contributed by atoms with E-state index in [0.29, 0.717) is 25.7 Å². The van der Waals surface area contributed by atoms with E-state index in [4.69, 9.17) is 37.0 Å². The molecule has 0 amide bonds. The minimum Gasteiger partial charge on any atom is -0.462 e. The zero-order valence-corrected chi connectivity index (χ0v) is 59.7. The molecule has 89 heavy (non-hydrogen) atoms. The van der Waals surface area contributed by atoms with Gasteiger partial charge < -0.3 is 33.8 Å². The summed E-state index contributed by atoms with van der Waals surface area (Å²) in [5, 5.41) is 10.6. The summed E-state index contributed by atoms with van der Waals surface area (Å²) in [5.74, 6) is 0.138. The normalized spacial score (nSPS) is 14.2. The van der Waals surface area contributed by atoms with Crippen LogP contribution in [0.3, 0.4) is 0 Å². The minimum absolute atomic E-state index is 0.104. The largest absolute Gasteiger partial charge is 0.472 e. The van der Waals surface area contributed by atoms with Gasteiger partial charge in [0.1, 0.15) is 19.3 Å². The van der Waals surface area contributed by atoms with Gasteiger partial charge in [-0.1, -0.05) is 299 Å². The van der Waals surface area contributed by atoms with Crippen LogP contribution in [0.4, 0.5) is 0 Å². The summed E-state index contributed by atoms with van der Waals surface area (Å²) in [4.78, 5) is 72.5. The zero-order chi connectivity index (χ0) is 65.9. The molecule has 17 nitrogen and oxygen atoms in total. The summed E-state index contributed by atoms with van der Waals surface area (Å²) in [6.07, 6.45) is 44.4. The Morgan fingerprint density at radius 3 is 0.764 bits per heavy atom. The van der Waals surface area contributed by atoms with Crippen molar-refractivity contribution in [2.24, 2.45) is 17.8 Å². The fourth-order valence-corrected chi connectivity index (χ4v) is 12.1. The van der Waals surface area contributed by atoms with Gasteiger partial charge in [-0.25, -0.2) is 9.13 Å². The number of unbranched alkanes of at least 4 members (excludes halogenated alkanes) is 36. The summed E-state index contributed by atoms with van der Waals surface area (Å²) in [6.45, 7) is 11.8. The van der Waals surface area contributed by atoms with Gasteiger partial charge in [0.25, 0.3) is 0 Å². The summed E-state index contributed by atoms with van der Waals surface area (Å²) in [5.41, 5.74) is 0. The molecule has 3 N–H and O–H groups in total. The number of rotatable bonds is 68. The molecule has 0 rings (SSSR count). The van der Waals surface area contributed by atoms with Crippen LogP contribution in [0.5, 0.6) is 0 Å². The number of carbonyl (C=O) groups excluding carboxylic acids is 4. The fourth-order valence-electron chi connectivity index (χ4n) is 10.5. The molecule has 0 aliphatic carbocycles. The molecule has 0 aromatic rings. The highest BCUT2D eigenvalue weighted by Gasteiger charge is 2.30. The van der Waals surface area contributed by atoms with Gasteiger partial charge in [0.05, 0.1) is 26.4 Å². The molecular weight excluding hydrogens is 1170 g/mol. The van der Waals surface area contributed by atoms with Crippen molar-refractivity contribution in [3.63, 3.8) is 0 Å². The third-order valence-corrected chi connectivity index (χ3v) is 18.0. The van der Waals surface area contributed by atoms with E-state index in [0.717, 1.165) is 108 Å². The van der Waals surface area contributed by atoms with E-state index >= 15 is 0 Å². The maximum Gasteiger partial charge on any atom is 0.472 e. The quantitative estimate of drug-likeness (QED) is 0.0222. The van der Waals surface area contributed by atoms with E-state index in [1.165, 1.54) is 161 Å². The average molecular weight is 1310 g/mol. The Labute approximate surface area is 543 Å². The second-order valence-electron chi connectivity index (χ2n) is 26.7. The highest BCUT2D eigenvalue weighted by Crippen LogP contribution is 2.45. The maximum absolute atomic E-state index is 13.0. The van der Waals surface area contributed by atoms with Gasteiger partial charge in [-0.15, -0.1) is 0 Å². The summed E-state index contributed by atoms with van der Waals surface area (Å²) >= 11 is 0. The van der Waals surface area contributed by atoms with Crippen molar-refractivity contribution in [1.82, 2.24) is 0 Å². The third-order valence-electron chi connectivity index (χ3n) is 16.1. The molecule has 0 aliphatic heterocycles. The van der Waals surface area contributed by atoms with Crippen LogP contribution in [0.2, 0.25) is 0 Å². The molecule has 0 heterocycles. The Kier molecular flexibility index (Phi) is 59.6. The Balaban J connectivity index is 5.24. The average Bonchev–Trinajstić information content (AvgIpc) is 3.64. The van der Waals surface area contributed by atoms with Crippen LogP contribution in [0.15, 0.2) is 0 Å². The SMILES string of the molecule is CCCCCCCCCCCC(=O)OC[C@H](COP(=O)(O)OC[C@H](O)COP(=O)(O)OC[C@@H](COC(=O)CCCCCCCCCCCCCC(C)C)OC(=O)CCCCCCCCCCCCCCC(C)C)OC(=O)CCCCCCCCCCC(C)C. The molecule has 0 aromatic carbocycles. The van der Waals surface area contributed by atoms with Gasteiger partial charge in [-0.2, -0.15) is 0 Å². The molecule has 0 saturated heterocycles. The monoisotopic (exact) mass is 1310 g/mol. The number of aliphatic hydroxyl groups is 1. The predicted molar refractivity (Wildman–Crippen MR) is 358 cm³/mol. The number of phosphoric ester groups is 2. The molecule has 0 radical (unpaired) electrons. The molecule has 0 aliphatic rings. The van der Waals surface area contributed by atoms with Gasteiger partial charge in [-0.3, -0.25) is 37.3 Å². The number of ether oxygens (including phenoxy) is 4. The molecular formula is C70H136O17P2. The van der Waals surface area contributed by atoms with Crippen LogP contribution in [-0.2, 0) is 65.4 Å². The van der Waals surface area contributed by atoms with Crippen LogP contribution < -0.4 is 0 Å². The molecule has 0 fully saturated rings. The van der Waals surface area contributed by atoms with Crippen LogP contribution in [0.1, 0.15) is 350 Å². The molecule has 2 unspecified atom stereocenters. The van der Waals surface area contributed by atoms with E-state index < -0.39 is 97.5 Å². The molecule has 528 valence electrons. The number of phosphoric acid groups is 2. The van der Waals surface area contributed by atoms with Gasteiger partial charge >= 0.3 is 39.5 Å².